The molecule has 0 saturated carbocycles. The van der Waals surface area contributed by atoms with Gasteiger partial charge < -0.3 is 32.1 Å². The van der Waals surface area contributed by atoms with Crippen molar-refractivity contribution in [1.82, 2.24) is 21.3 Å². The second-order valence-electron chi connectivity index (χ2n) is 9.26. The first-order chi connectivity index (χ1) is 16.8. The van der Waals surface area contributed by atoms with E-state index in [0.717, 1.165) is 5.56 Å². The Morgan fingerprint density at radius 3 is 1.97 bits per heavy atom. The molecule has 0 heterocycles. The summed E-state index contributed by atoms with van der Waals surface area (Å²) in [6.45, 7) is 7.79. The molecule has 7 N–H and O–H groups in total. The highest BCUT2D eigenvalue weighted by molar-refractivity contribution is 5.94. The summed E-state index contributed by atoms with van der Waals surface area (Å²) in [7, 11) is 0. The lowest BCUT2D eigenvalue weighted by atomic mass is 10.0. The molecule has 1 rings (SSSR count). The number of hydrogen-bond acceptors (Lipinski definition) is 6. The van der Waals surface area contributed by atoms with Gasteiger partial charge in [-0.2, -0.15) is 0 Å². The van der Waals surface area contributed by atoms with E-state index >= 15 is 0 Å². The van der Waals surface area contributed by atoms with Gasteiger partial charge in [-0.25, -0.2) is 0 Å². The molecule has 0 spiro atoms. The van der Waals surface area contributed by atoms with Gasteiger partial charge in [0, 0.05) is 19.8 Å². The van der Waals surface area contributed by atoms with Gasteiger partial charge in [-0.1, -0.05) is 44.2 Å². The number of amides is 5. The highest BCUT2D eigenvalue weighted by Gasteiger charge is 2.30. The third-order valence-corrected chi connectivity index (χ3v) is 5.59. The highest BCUT2D eigenvalue weighted by atomic mass is 16.3. The molecular formula is C25H39N5O6. The minimum atomic E-state index is -1.02. The summed E-state index contributed by atoms with van der Waals surface area (Å²) in [5.74, 6) is -2.84. The molecule has 0 radical (unpaired) electrons. The minimum absolute atomic E-state index is 0.0207. The van der Waals surface area contributed by atoms with Gasteiger partial charge >= 0.3 is 0 Å². The van der Waals surface area contributed by atoms with Crippen LogP contribution < -0.4 is 27.0 Å². The molecule has 11 heteroatoms. The van der Waals surface area contributed by atoms with Gasteiger partial charge in [0.25, 0.3) is 0 Å². The molecule has 5 atom stereocenters. The van der Waals surface area contributed by atoms with Crippen LogP contribution in [0.5, 0.6) is 0 Å². The first-order valence-corrected chi connectivity index (χ1v) is 12.0. The van der Waals surface area contributed by atoms with Crippen molar-refractivity contribution < 1.29 is 29.1 Å². The standard InChI is InChI=1S/C25H39N5O6/c1-14(2)22(28-17(5)32)25(36)30-20(13-18-9-7-6-8-10-18)24(35)27-15(3)23(34)29-19(16(4)31)11-12-21(26)33/h6-10,14-16,19-20,22,31H,11-13H2,1-5H3,(H2,26,33)(H,27,35)(H,28,32)(H,29,34)(H,30,36)/t15-,16?,19?,20-,22-/m0/s1. The molecule has 0 bridgehead atoms. The van der Waals surface area contributed by atoms with Crippen molar-refractivity contribution in [2.75, 3.05) is 0 Å². The monoisotopic (exact) mass is 505 g/mol. The van der Waals surface area contributed by atoms with Gasteiger partial charge in [0.15, 0.2) is 0 Å². The lowest BCUT2D eigenvalue weighted by Gasteiger charge is -2.27. The maximum absolute atomic E-state index is 13.1. The second-order valence-corrected chi connectivity index (χ2v) is 9.26. The summed E-state index contributed by atoms with van der Waals surface area (Å²) in [6, 6.07) is 5.46. The minimum Gasteiger partial charge on any atom is -0.391 e. The van der Waals surface area contributed by atoms with Crippen molar-refractivity contribution in [3.63, 3.8) is 0 Å². The number of benzene rings is 1. The number of aliphatic hydroxyl groups excluding tert-OH is 1. The molecule has 11 nitrogen and oxygen atoms in total. The normalized spacial score (nSPS) is 15.1. The number of carbonyl (C=O) groups is 5. The quantitative estimate of drug-likeness (QED) is 0.198. The smallest absolute Gasteiger partial charge is 0.243 e. The fraction of sp³-hybridized carbons (Fsp3) is 0.560. The second kappa shape index (κ2) is 14.8. The molecule has 0 fully saturated rings. The van der Waals surface area contributed by atoms with Crippen LogP contribution >= 0.6 is 0 Å². The molecule has 200 valence electrons. The van der Waals surface area contributed by atoms with E-state index in [1.807, 2.05) is 18.2 Å². The van der Waals surface area contributed by atoms with Crippen molar-refractivity contribution in [2.24, 2.45) is 11.7 Å². The van der Waals surface area contributed by atoms with E-state index in [9.17, 15) is 29.1 Å². The molecule has 1 aromatic rings. The van der Waals surface area contributed by atoms with Crippen LogP contribution in [0.15, 0.2) is 30.3 Å². The molecule has 0 aliphatic heterocycles. The summed E-state index contributed by atoms with van der Waals surface area (Å²) in [6.07, 6.45) is -0.658. The fourth-order valence-electron chi connectivity index (χ4n) is 3.49. The van der Waals surface area contributed by atoms with Crippen LogP contribution in [0.25, 0.3) is 0 Å². The molecule has 0 saturated heterocycles. The van der Waals surface area contributed by atoms with Gasteiger partial charge in [0.2, 0.25) is 29.5 Å². The van der Waals surface area contributed by atoms with Crippen molar-refractivity contribution in [2.45, 2.75) is 84.2 Å². The Morgan fingerprint density at radius 2 is 1.47 bits per heavy atom. The van der Waals surface area contributed by atoms with Gasteiger partial charge in [-0.15, -0.1) is 0 Å². The molecular weight excluding hydrogens is 466 g/mol. The average molecular weight is 506 g/mol. The maximum Gasteiger partial charge on any atom is 0.243 e. The number of primary amides is 1. The lowest BCUT2D eigenvalue weighted by molar-refractivity contribution is -0.134. The van der Waals surface area contributed by atoms with E-state index < -0.39 is 53.9 Å². The zero-order valence-electron chi connectivity index (χ0n) is 21.5. The van der Waals surface area contributed by atoms with E-state index in [2.05, 4.69) is 21.3 Å². The molecule has 2 unspecified atom stereocenters. The van der Waals surface area contributed by atoms with Crippen molar-refractivity contribution in [3.8, 4) is 0 Å². The number of hydrogen-bond donors (Lipinski definition) is 6. The van der Waals surface area contributed by atoms with Crippen LogP contribution in [0, 0.1) is 5.92 Å². The van der Waals surface area contributed by atoms with Gasteiger partial charge in [0.05, 0.1) is 12.1 Å². The van der Waals surface area contributed by atoms with Gasteiger partial charge in [0.1, 0.15) is 18.1 Å². The Hall–Kier alpha value is -3.47. The number of nitrogens with one attached hydrogen (secondary N) is 4. The van der Waals surface area contributed by atoms with Gasteiger partial charge in [-0.3, -0.25) is 24.0 Å². The average Bonchev–Trinajstić information content (AvgIpc) is 2.79. The van der Waals surface area contributed by atoms with E-state index in [0.29, 0.717) is 0 Å². The first kappa shape index (κ1) is 30.6. The fourth-order valence-corrected chi connectivity index (χ4v) is 3.49. The Morgan fingerprint density at radius 1 is 0.861 bits per heavy atom. The summed E-state index contributed by atoms with van der Waals surface area (Å²) in [5, 5.41) is 20.4. The molecule has 0 aliphatic rings. The van der Waals surface area contributed by atoms with Crippen molar-refractivity contribution >= 4 is 29.5 Å². The lowest BCUT2D eigenvalue weighted by Crippen LogP contribution is -2.58. The summed E-state index contributed by atoms with van der Waals surface area (Å²) < 4.78 is 0. The van der Waals surface area contributed by atoms with E-state index in [4.69, 9.17) is 5.73 Å². The zero-order valence-corrected chi connectivity index (χ0v) is 21.5. The SMILES string of the molecule is CC(=O)N[C@H](C(=O)N[C@@H](Cc1ccccc1)C(=O)N[C@@H](C)C(=O)NC(CCC(N)=O)C(C)O)C(C)C. The Balaban J connectivity index is 2.98. The third kappa shape index (κ3) is 10.9. The molecule has 36 heavy (non-hydrogen) atoms. The summed E-state index contributed by atoms with van der Waals surface area (Å²) >= 11 is 0. The molecule has 0 aliphatic carbocycles. The summed E-state index contributed by atoms with van der Waals surface area (Å²) in [4.78, 5) is 61.4. The maximum atomic E-state index is 13.1. The van der Waals surface area contributed by atoms with Crippen LogP contribution in [0.1, 0.15) is 53.0 Å². The first-order valence-electron chi connectivity index (χ1n) is 12.0. The van der Waals surface area contributed by atoms with Gasteiger partial charge in [-0.05, 0) is 31.7 Å². The predicted molar refractivity (Wildman–Crippen MR) is 134 cm³/mol. The largest absolute Gasteiger partial charge is 0.391 e. The number of aliphatic hydroxyl groups is 1. The predicted octanol–water partition coefficient (Wildman–Crippen LogP) is -0.490. The molecule has 0 aromatic heterocycles. The van der Waals surface area contributed by atoms with E-state index in [1.165, 1.54) is 20.8 Å². The Bertz CT molecular complexity index is 905. The van der Waals surface area contributed by atoms with Crippen LogP contribution in [0.4, 0.5) is 0 Å². The Labute approximate surface area is 212 Å². The van der Waals surface area contributed by atoms with E-state index in [-0.39, 0.29) is 31.1 Å². The summed E-state index contributed by atoms with van der Waals surface area (Å²) in [5.41, 5.74) is 5.94. The van der Waals surface area contributed by atoms with Crippen LogP contribution in [0.3, 0.4) is 0 Å². The van der Waals surface area contributed by atoms with Crippen molar-refractivity contribution in [1.29, 1.82) is 0 Å². The van der Waals surface area contributed by atoms with Crippen LogP contribution in [0.2, 0.25) is 0 Å². The number of carbonyl (C=O) groups excluding carboxylic acids is 5. The van der Waals surface area contributed by atoms with Crippen LogP contribution in [-0.4, -0.2) is 64.9 Å². The molecule has 1 aromatic carbocycles. The highest BCUT2D eigenvalue weighted by Crippen LogP contribution is 2.08. The zero-order chi connectivity index (χ0) is 27.4. The molecule has 5 amide bonds. The van der Waals surface area contributed by atoms with E-state index in [1.54, 1.807) is 26.0 Å². The number of nitrogens with two attached hydrogens (primary N) is 1. The van der Waals surface area contributed by atoms with Crippen LogP contribution in [-0.2, 0) is 30.4 Å². The van der Waals surface area contributed by atoms with Crippen molar-refractivity contribution in [3.05, 3.63) is 35.9 Å². The Kier molecular flexibility index (Phi) is 12.6. The third-order valence-electron chi connectivity index (χ3n) is 5.59. The number of rotatable bonds is 14. The topological polar surface area (TPSA) is 180 Å².